The molecule has 23 heteroatoms. The molecule has 0 aliphatic carbocycles. The number of nitrogens with zero attached hydrogens (tertiary/aromatic N) is 13. The average molecular weight is 1340 g/mol. The number of nitrogens with one attached hydrogen (secondary N) is 2. The second-order valence-corrected chi connectivity index (χ2v) is 29.4. The van der Waals surface area contributed by atoms with Gasteiger partial charge in [0.15, 0.2) is 11.6 Å². The molecule has 0 spiro atoms. The van der Waals surface area contributed by atoms with Crippen LogP contribution in [0.5, 0.6) is 0 Å². The van der Waals surface area contributed by atoms with Gasteiger partial charge in [-0.25, -0.2) is 24.9 Å². The van der Waals surface area contributed by atoms with Gasteiger partial charge >= 0.3 is 5.20 Å². The summed E-state index contributed by atoms with van der Waals surface area (Å²) in [5.74, 6) is 2.95. The highest BCUT2D eigenvalue weighted by molar-refractivity contribution is 8.24. The Kier molecular flexibility index (Phi) is 30.3. The zero-order chi connectivity index (χ0) is 62.7. The van der Waals surface area contributed by atoms with Crippen molar-refractivity contribution in [2.45, 2.75) is 22.3 Å². The van der Waals surface area contributed by atoms with E-state index in [4.69, 9.17) is 27.3 Å². The summed E-state index contributed by atoms with van der Waals surface area (Å²) in [6.45, 7) is 16.5. The lowest BCUT2D eigenvalue weighted by molar-refractivity contribution is 0.313. The SMILES string of the molecule is C.C.C.CN(C)CCN.CN(C)CCNc1nc(-c2ccc(N3CCN(C)CC3)cc2)nc2ccccc12.CN1CCN(c2ccc(-c3nc(Cl)c4ccccc4n3)cc2)CC1.CN1CCN(c2ccc(-c3nc4ccccc4c(=O)[nH]3)cc2)CC1.O=P(Cl)(Cl)Cl. The van der Waals surface area contributed by atoms with E-state index < -0.39 is 5.20 Å². The Morgan fingerprint density at radius 2 is 0.835 bits per heavy atom. The van der Waals surface area contributed by atoms with Crippen molar-refractivity contribution in [3.05, 3.63) is 161 Å². The minimum Gasteiger partial charge on any atom is -0.369 e. The fraction of sp³-hybridized carbons (Fsp3) is 0.382. The summed E-state index contributed by atoms with van der Waals surface area (Å²) in [5.41, 5.74) is 14.3. The monoisotopic (exact) mass is 1340 g/mol. The van der Waals surface area contributed by atoms with Crippen molar-refractivity contribution in [3.8, 4) is 34.2 Å². The van der Waals surface area contributed by atoms with Gasteiger partial charge in [0.2, 0.25) is 0 Å². The number of benzene rings is 6. The number of piperazine rings is 3. The summed E-state index contributed by atoms with van der Waals surface area (Å²) in [6.07, 6.45) is 0. The van der Waals surface area contributed by atoms with Crippen LogP contribution in [-0.2, 0) is 4.57 Å². The van der Waals surface area contributed by atoms with Crippen molar-refractivity contribution >= 4 is 106 Å². The largest absolute Gasteiger partial charge is 0.369 e. The van der Waals surface area contributed by atoms with Crippen LogP contribution in [0, 0.1) is 0 Å². The highest BCUT2D eigenvalue weighted by Crippen LogP contribution is 2.61. The molecule has 0 atom stereocenters. The van der Waals surface area contributed by atoms with E-state index in [-0.39, 0.29) is 27.8 Å². The van der Waals surface area contributed by atoms with E-state index in [0.29, 0.717) is 22.2 Å². The Hall–Kier alpha value is -6.51. The number of H-pyrrole nitrogens is 1. The molecule has 490 valence electrons. The molecule has 4 N–H and O–H groups in total. The molecule has 0 radical (unpaired) electrons. The van der Waals surface area contributed by atoms with E-state index in [1.807, 2.05) is 80.8 Å². The van der Waals surface area contributed by atoms with Crippen molar-refractivity contribution in [3.63, 3.8) is 0 Å². The van der Waals surface area contributed by atoms with Crippen molar-refractivity contribution < 1.29 is 4.57 Å². The topological polar surface area (TPSA) is 178 Å². The number of anilines is 4. The zero-order valence-electron chi connectivity index (χ0n) is 51.3. The number of halogens is 4. The van der Waals surface area contributed by atoms with E-state index in [2.05, 4.69) is 206 Å². The normalized spacial score (nSPS) is 14.5. The third-order valence-electron chi connectivity index (χ3n) is 15.2. The van der Waals surface area contributed by atoms with Crippen LogP contribution in [0.15, 0.2) is 150 Å². The van der Waals surface area contributed by atoms with E-state index in [9.17, 15) is 9.36 Å². The van der Waals surface area contributed by atoms with Crippen LogP contribution in [0.3, 0.4) is 0 Å². The van der Waals surface area contributed by atoms with Gasteiger partial charge in [0.25, 0.3) is 5.56 Å². The second-order valence-electron chi connectivity index (χ2n) is 22.4. The van der Waals surface area contributed by atoms with Gasteiger partial charge in [-0.3, -0.25) is 9.36 Å². The summed E-state index contributed by atoms with van der Waals surface area (Å²) in [5, 5.41) is 3.33. The summed E-state index contributed by atoms with van der Waals surface area (Å²) in [4.78, 5) is 57.0. The molecule has 3 aliphatic rings. The fourth-order valence-corrected chi connectivity index (χ4v) is 10.3. The van der Waals surface area contributed by atoms with Crippen LogP contribution in [0.2, 0.25) is 5.15 Å². The number of rotatable bonds is 12. The molecule has 12 rings (SSSR count). The maximum atomic E-state index is 12.2. The van der Waals surface area contributed by atoms with Gasteiger partial charge in [0.1, 0.15) is 16.8 Å². The lowest BCUT2D eigenvalue weighted by Gasteiger charge is -2.34. The predicted octanol–water partition coefficient (Wildman–Crippen LogP) is 13.3. The Morgan fingerprint density at radius 3 is 1.23 bits per heavy atom. The summed E-state index contributed by atoms with van der Waals surface area (Å²) in [7, 11) is 14.7. The molecule has 6 heterocycles. The van der Waals surface area contributed by atoms with Crippen LogP contribution in [-0.4, -0.2) is 208 Å². The van der Waals surface area contributed by atoms with Crippen LogP contribution < -0.4 is 31.3 Å². The zero-order valence-corrected chi connectivity index (χ0v) is 55.3. The summed E-state index contributed by atoms with van der Waals surface area (Å²) in [6, 6.07) is 48.8. The first-order valence-electron chi connectivity index (χ1n) is 29.5. The molecule has 9 aromatic rings. The maximum absolute atomic E-state index is 12.2. The minimum atomic E-state index is -3.22. The number of para-hydroxylation sites is 3. The van der Waals surface area contributed by atoms with E-state index in [1.54, 1.807) is 6.07 Å². The maximum Gasteiger partial charge on any atom is 0.339 e. The predicted molar refractivity (Wildman–Crippen MR) is 392 cm³/mol. The van der Waals surface area contributed by atoms with Crippen molar-refractivity contribution in [2.24, 2.45) is 5.73 Å². The molecule has 0 saturated carbocycles. The van der Waals surface area contributed by atoms with Crippen LogP contribution in [0.1, 0.15) is 22.3 Å². The number of nitrogens with two attached hydrogens (primary N) is 1. The Labute approximate surface area is 559 Å². The quantitative estimate of drug-likeness (QED) is 0.0776. The summed E-state index contributed by atoms with van der Waals surface area (Å²) < 4.78 is 9.51. The van der Waals surface area contributed by atoms with E-state index in [1.165, 1.54) is 17.1 Å². The molecule has 0 bridgehead atoms. The molecule has 3 aromatic heterocycles. The molecule has 0 unspecified atom stereocenters. The standard InChI is InChI=1S/C23H30N6.C19H19ClN4.C19H20N4O.C4H12N2.3CH4.Cl3OP/c1-27(2)13-12-24-23-20-6-4-5-7-21(20)25-22(26-23)18-8-10-19(11-9-18)29-16-14-28(3)15-17-29;1-23-10-12-24(13-11-23)15-8-6-14(7-9-15)19-21-17-5-3-2-4-16(17)18(20)22-19;1-22-10-12-23(13-11-22)15-8-6-14(7-9-15)18-20-17-5-3-2-4-16(17)19(24)21-18;1-6(2)4-3-5;;;;1-5(2,3)4/h4-11H,12-17H2,1-3H3,(H,24,25,26);2-9H,10-13H2,1H3;2-9H,10-13H2,1H3,(H,20,21,24);3-5H2,1-2H3;3*1H4;. The van der Waals surface area contributed by atoms with Crippen LogP contribution in [0.4, 0.5) is 22.9 Å². The summed E-state index contributed by atoms with van der Waals surface area (Å²) >= 11 is 20.2. The van der Waals surface area contributed by atoms with Gasteiger partial charge in [0, 0.05) is 149 Å². The van der Waals surface area contributed by atoms with Gasteiger partial charge in [-0.15, -0.1) is 0 Å². The van der Waals surface area contributed by atoms with Crippen molar-refractivity contribution in [1.82, 2.24) is 54.4 Å². The number of likely N-dealkylation sites (N-methyl/N-ethyl adjacent to an activating group) is 5. The Bertz CT molecular complexity index is 3740. The Balaban J connectivity index is 0.000000226. The average Bonchev–Trinajstić information content (AvgIpc) is 0.904. The lowest BCUT2D eigenvalue weighted by atomic mass is 10.1. The molecule has 3 fully saturated rings. The molecule has 0 amide bonds. The first kappa shape index (κ1) is 75.2. The van der Waals surface area contributed by atoms with Gasteiger partial charge in [-0.05, 0) is 192 Å². The second kappa shape index (κ2) is 36.7. The fourth-order valence-electron chi connectivity index (χ4n) is 10.1. The van der Waals surface area contributed by atoms with Gasteiger partial charge in [-0.2, -0.15) is 0 Å². The van der Waals surface area contributed by atoms with E-state index in [0.717, 1.165) is 160 Å². The lowest BCUT2D eigenvalue weighted by Crippen LogP contribution is -2.44. The molecule has 18 nitrogen and oxygen atoms in total. The van der Waals surface area contributed by atoms with Gasteiger partial charge in [-0.1, -0.05) is 70.3 Å². The van der Waals surface area contributed by atoms with Gasteiger partial charge in [0.05, 0.1) is 21.9 Å². The molecule has 3 saturated heterocycles. The van der Waals surface area contributed by atoms with Crippen LogP contribution >= 0.6 is 50.5 Å². The smallest absolute Gasteiger partial charge is 0.339 e. The number of hydrogen-bond donors (Lipinski definition) is 3. The molecule has 3 aliphatic heterocycles. The molecule has 91 heavy (non-hydrogen) atoms. The third-order valence-corrected chi connectivity index (χ3v) is 15.5. The highest BCUT2D eigenvalue weighted by Gasteiger charge is 2.19. The number of fused-ring (bicyclic) bond motifs is 3. The molecule has 6 aromatic carbocycles. The number of aromatic nitrogens is 6. The first-order chi connectivity index (χ1) is 42.3. The minimum absolute atomic E-state index is 0. The first-order valence-corrected chi connectivity index (χ1v) is 34.3. The third kappa shape index (κ3) is 22.9. The number of hydrogen-bond acceptors (Lipinski definition) is 17. The van der Waals surface area contributed by atoms with Crippen LogP contribution in [0.25, 0.3) is 66.9 Å². The van der Waals surface area contributed by atoms with E-state index >= 15 is 0 Å². The van der Waals surface area contributed by atoms with Crippen molar-refractivity contribution in [1.29, 1.82) is 0 Å². The van der Waals surface area contributed by atoms with Gasteiger partial charge < -0.3 is 55.2 Å². The Morgan fingerprint density at radius 1 is 0.484 bits per heavy atom. The molecular weight excluding hydrogens is 1250 g/mol. The molecular formula is C68H93Cl4N16O2P. The van der Waals surface area contributed by atoms with Crippen molar-refractivity contribution in [2.75, 3.05) is 174 Å². The number of aromatic amines is 1. The highest BCUT2D eigenvalue weighted by atomic mass is 36.0.